The first-order chi connectivity index (χ1) is 8.45. The van der Waals surface area contributed by atoms with Gasteiger partial charge in [0.1, 0.15) is 5.75 Å². The number of ether oxygens (including phenoxy) is 1. The molecule has 1 aliphatic carbocycles. The van der Waals surface area contributed by atoms with Gasteiger partial charge in [-0.25, -0.2) is 0 Å². The second kappa shape index (κ2) is 5.16. The average molecular weight is 264 g/mol. The zero-order valence-electron chi connectivity index (χ0n) is 11.7. The summed E-state index contributed by atoms with van der Waals surface area (Å²) in [6, 6.07) is 8.52. The summed E-state index contributed by atoms with van der Waals surface area (Å²) in [5, 5.41) is 0. The second-order valence-corrected chi connectivity index (χ2v) is 6.89. The highest BCUT2D eigenvalue weighted by Gasteiger charge is 2.36. The summed E-state index contributed by atoms with van der Waals surface area (Å²) in [5.41, 5.74) is 1.90. The maximum Gasteiger partial charge on any atom is 0.119 e. The molecule has 0 N–H and O–H groups in total. The van der Waals surface area contributed by atoms with Gasteiger partial charge in [-0.1, -0.05) is 39.3 Å². The van der Waals surface area contributed by atoms with Gasteiger partial charge in [0, 0.05) is 5.41 Å². The van der Waals surface area contributed by atoms with Crippen molar-refractivity contribution in [3.05, 3.63) is 29.8 Å². The SMILES string of the molecule is CC(C)(C)c1ccc(OCC2(CS)CCC2)cc1. The van der Waals surface area contributed by atoms with E-state index in [1.54, 1.807) is 0 Å². The molecule has 0 radical (unpaired) electrons. The van der Waals surface area contributed by atoms with Gasteiger partial charge in [-0.2, -0.15) is 12.6 Å². The minimum Gasteiger partial charge on any atom is -0.493 e. The summed E-state index contributed by atoms with van der Waals surface area (Å²) >= 11 is 4.45. The van der Waals surface area contributed by atoms with Crippen LogP contribution in [0.3, 0.4) is 0 Å². The van der Waals surface area contributed by atoms with E-state index in [2.05, 4.69) is 57.7 Å². The van der Waals surface area contributed by atoms with Gasteiger partial charge >= 0.3 is 0 Å². The monoisotopic (exact) mass is 264 g/mol. The summed E-state index contributed by atoms with van der Waals surface area (Å²) in [7, 11) is 0. The molecule has 0 unspecified atom stereocenters. The zero-order chi connectivity index (χ0) is 13.2. The molecule has 0 amide bonds. The number of hydrogen-bond donors (Lipinski definition) is 1. The van der Waals surface area contributed by atoms with Crippen molar-refractivity contribution < 1.29 is 4.74 Å². The highest BCUT2D eigenvalue weighted by Crippen LogP contribution is 2.42. The fourth-order valence-corrected chi connectivity index (χ4v) is 2.72. The largest absolute Gasteiger partial charge is 0.493 e. The lowest BCUT2D eigenvalue weighted by molar-refractivity contribution is 0.0829. The molecule has 1 aromatic rings. The quantitative estimate of drug-likeness (QED) is 0.790. The molecule has 1 fully saturated rings. The van der Waals surface area contributed by atoms with Crippen LogP contribution in [0.15, 0.2) is 24.3 Å². The molecule has 0 aliphatic heterocycles. The Kier molecular flexibility index (Phi) is 3.96. The van der Waals surface area contributed by atoms with Crippen LogP contribution in [0, 0.1) is 5.41 Å². The normalized spacial score (nSPS) is 18.2. The van der Waals surface area contributed by atoms with Crippen LogP contribution in [0.2, 0.25) is 0 Å². The smallest absolute Gasteiger partial charge is 0.119 e. The summed E-state index contributed by atoms with van der Waals surface area (Å²) in [4.78, 5) is 0. The predicted octanol–water partition coefficient (Wildman–Crippen LogP) is 4.46. The number of rotatable bonds is 4. The van der Waals surface area contributed by atoms with E-state index in [4.69, 9.17) is 4.74 Å². The Balaban J connectivity index is 1.94. The van der Waals surface area contributed by atoms with Crippen LogP contribution in [-0.2, 0) is 5.41 Å². The summed E-state index contributed by atoms with van der Waals surface area (Å²) < 4.78 is 5.92. The molecule has 2 heteroatoms. The highest BCUT2D eigenvalue weighted by atomic mass is 32.1. The Bertz CT molecular complexity index is 379. The summed E-state index contributed by atoms with van der Waals surface area (Å²) in [6.07, 6.45) is 3.85. The maximum atomic E-state index is 5.92. The van der Waals surface area contributed by atoms with Crippen molar-refractivity contribution >= 4 is 12.6 Å². The average Bonchev–Trinajstić information content (AvgIpc) is 2.28. The standard InChI is InChI=1S/C16H24OS/c1-15(2,3)13-5-7-14(8-6-13)17-11-16(12-18)9-4-10-16/h5-8,18H,4,9-12H2,1-3H3. The molecule has 1 aliphatic rings. The Labute approximate surface area is 116 Å². The van der Waals surface area contributed by atoms with Crippen molar-refractivity contribution in [3.8, 4) is 5.75 Å². The predicted molar refractivity (Wildman–Crippen MR) is 80.8 cm³/mol. The van der Waals surface area contributed by atoms with E-state index in [1.165, 1.54) is 24.8 Å². The van der Waals surface area contributed by atoms with Crippen LogP contribution in [0.4, 0.5) is 0 Å². The lowest BCUT2D eigenvalue weighted by Gasteiger charge is -2.40. The fourth-order valence-electron chi connectivity index (χ4n) is 2.31. The third-order valence-electron chi connectivity index (χ3n) is 4.01. The van der Waals surface area contributed by atoms with Crippen LogP contribution in [0.5, 0.6) is 5.75 Å². The van der Waals surface area contributed by atoms with Crippen LogP contribution in [-0.4, -0.2) is 12.4 Å². The molecular formula is C16H24OS. The van der Waals surface area contributed by atoms with Gasteiger partial charge < -0.3 is 4.74 Å². The van der Waals surface area contributed by atoms with E-state index in [-0.39, 0.29) is 5.41 Å². The maximum absolute atomic E-state index is 5.92. The number of benzene rings is 1. The number of hydrogen-bond acceptors (Lipinski definition) is 2. The molecule has 2 rings (SSSR count). The summed E-state index contributed by atoms with van der Waals surface area (Å²) in [6.45, 7) is 7.50. The van der Waals surface area contributed by atoms with E-state index in [9.17, 15) is 0 Å². The van der Waals surface area contributed by atoms with E-state index < -0.39 is 0 Å². The van der Waals surface area contributed by atoms with Crippen molar-refractivity contribution in [1.82, 2.24) is 0 Å². The van der Waals surface area contributed by atoms with Crippen molar-refractivity contribution in [2.45, 2.75) is 45.4 Å². The molecule has 1 saturated carbocycles. The first-order valence-corrected chi connectivity index (χ1v) is 7.43. The van der Waals surface area contributed by atoms with E-state index >= 15 is 0 Å². The van der Waals surface area contributed by atoms with Gasteiger partial charge in [0.2, 0.25) is 0 Å². The number of thiol groups is 1. The molecule has 0 saturated heterocycles. The topological polar surface area (TPSA) is 9.23 Å². The molecule has 18 heavy (non-hydrogen) atoms. The fraction of sp³-hybridized carbons (Fsp3) is 0.625. The van der Waals surface area contributed by atoms with Gasteiger partial charge in [-0.3, -0.25) is 0 Å². The lowest BCUT2D eigenvalue weighted by atomic mass is 9.71. The molecule has 0 bridgehead atoms. The molecule has 0 spiro atoms. The van der Waals surface area contributed by atoms with E-state index in [1.807, 2.05) is 0 Å². The molecule has 1 aromatic carbocycles. The highest BCUT2D eigenvalue weighted by molar-refractivity contribution is 7.80. The second-order valence-electron chi connectivity index (χ2n) is 6.57. The van der Waals surface area contributed by atoms with Crippen LogP contribution in [0.1, 0.15) is 45.6 Å². The molecule has 0 heterocycles. The minimum absolute atomic E-state index is 0.207. The van der Waals surface area contributed by atoms with Crippen LogP contribution in [0.25, 0.3) is 0 Å². The first kappa shape index (κ1) is 13.8. The van der Waals surface area contributed by atoms with Crippen molar-refractivity contribution in [3.63, 3.8) is 0 Å². The molecule has 0 aromatic heterocycles. The van der Waals surface area contributed by atoms with Gasteiger partial charge in [0.15, 0.2) is 0 Å². The van der Waals surface area contributed by atoms with Crippen molar-refractivity contribution in [2.75, 3.05) is 12.4 Å². The summed E-state index contributed by atoms with van der Waals surface area (Å²) in [5.74, 6) is 1.92. The first-order valence-electron chi connectivity index (χ1n) is 6.79. The molecule has 1 nitrogen and oxygen atoms in total. The Morgan fingerprint density at radius 1 is 1.17 bits per heavy atom. The molecule has 100 valence electrons. The van der Waals surface area contributed by atoms with Crippen LogP contribution < -0.4 is 4.74 Å². The zero-order valence-corrected chi connectivity index (χ0v) is 12.6. The molecular weight excluding hydrogens is 240 g/mol. The Morgan fingerprint density at radius 3 is 2.17 bits per heavy atom. The van der Waals surface area contributed by atoms with Gasteiger partial charge in [0.25, 0.3) is 0 Å². The van der Waals surface area contributed by atoms with Gasteiger partial charge in [0.05, 0.1) is 6.61 Å². The third kappa shape index (κ3) is 3.03. The van der Waals surface area contributed by atoms with E-state index in [0.29, 0.717) is 5.41 Å². The van der Waals surface area contributed by atoms with Gasteiger partial charge in [-0.05, 0) is 41.7 Å². The third-order valence-corrected chi connectivity index (χ3v) is 4.69. The van der Waals surface area contributed by atoms with Crippen molar-refractivity contribution in [1.29, 1.82) is 0 Å². The Hall–Kier alpha value is -0.630. The molecule has 0 atom stereocenters. The van der Waals surface area contributed by atoms with Crippen LogP contribution >= 0.6 is 12.6 Å². The Morgan fingerprint density at radius 2 is 1.78 bits per heavy atom. The minimum atomic E-state index is 0.207. The van der Waals surface area contributed by atoms with Crippen molar-refractivity contribution in [2.24, 2.45) is 5.41 Å². The van der Waals surface area contributed by atoms with Gasteiger partial charge in [-0.15, -0.1) is 0 Å². The lowest BCUT2D eigenvalue weighted by Crippen LogP contribution is -2.37. The van der Waals surface area contributed by atoms with E-state index in [0.717, 1.165) is 18.1 Å².